The smallest absolute Gasteiger partial charge is 0.259 e. The van der Waals surface area contributed by atoms with Crippen LogP contribution >= 0.6 is 23.1 Å². The van der Waals surface area contributed by atoms with Crippen LogP contribution in [-0.2, 0) is 10.5 Å². The molecule has 0 bridgehead atoms. The number of carbonyl (C=O) groups is 1. The third kappa shape index (κ3) is 5.77. The molecule has 1 atom stereocenters. The molecule has 0 spiro atoms. The molecule has 0 aliphatic carbocycles. The number of thioether (sulfide) groups is 1. The molecule has 2 aromatic heterocycles. The molecule has 3 aromatic rings. The number of nitrogens with one attached hydrogen (secondary N) is 2. The summed E-state index contributed by atoms with van der Waals surface area (Å²) in [4.78, 5) is 39.1. The number of para-hydroxylation sites is 1. The zero-order valence-electron chi connectivity index (χ0n) is 19.4. The molecule has 1 aliphatic heterocycles. The zero-order valence-corrected chi connectivity index (χ0v) is 21.0. The van der Waals surface area contributed by atoms with Gasteiger partial charge in [-0.2, -0.15) is 0 Å². The Bertz CT molecular complexity index is 1150. The minimum atomic E-state index is -0.215. The number of carbonyl (C=O) groups excluding carboxylic acids is 1. The summed E-state index contributed by atoms with van der Waals surface area (Å²) in [7, 11) is 0. The van der Waals surface area contributed by atoms with E-state index in [0.717, 1.165) is 48.0 Å². The van der Waals surface area contributed by atoms with Crippen molar-refractivity contribution in [3.05, 3.63) is 57.0 Å². The maximum absolute atomic E-state index is 12.5. The van der Waals surface area contributed by atoms with Crippen molar-refractivity contribution in [3.8, 4) is 0 Å². The molecule has 1 aliphatic rings. The van der Waals surface area contributed by atoms with Gasteiger partial charge >= 0.3 is 0 Å². The van der Waals surface area contributed by atoms with Crippen molar-refractivity contribution in [3.63, 3.8) is 0 Å². The molecule has 0 saturated carbocycles. The van der Waals surface area contributed by atoms with Crippen molar-refractivity contribution < 1.29 is 4.79 Å². The molecule has 33 heavy (non-hydrogen) atoms. The number of benzene rings is 1. The van der Waals surface area contributed by atoms with Crippen LogP contribution in [0.4, 0.5) is 5.69 Å². The maximum Gasteiger partial charge on any atom is 0.259 e. The summed E-state index contributed by atoms with van der Waals surface area (Å²) in [5, 5.41) is 3.52. The minimum Gasteiger partial charge on any atom is -0.369 e. The normalized spacial score (nSPS) is 15.7. The lowest BCUT2D eigenvalue weighted by Crippen LogP contribution is -2.48. The number of hydrogen-bond acceptors (Lipinski definition) is 7. The number of thiophene rings is 1. The van der Waals surface area contributed by atoms with E-state index in [2.05, 4.69) is 49.4 Å². The van der Waals surface area contributed by atoms with Gasteiger partial charge in [-0.25, -0.2) is 4.98 Å². The summed E-state index contributed by atoms with van der Waals surface area (Å²) in [6.07, 6.45) is 0. The van der Waals surface area contributed by atoms with Gasteiger partial charge in [-0.1, -0.05) is 18.2 Å². The van der Waals surface area contributed by atoms with Gasteiger partial charge in [-0.3, -0.25) is 14.5 Å². The summed E-state index contributed by atoms with van der Waals surface area (Å²) in [5.41, 5.74) is 2.18. The number of aromatic amines is 1. The molecule has 7 nitrogen and oxygen atoms in total. The first kappa shape index (κ1) is 23.8. The van der Waals surface area contributed by atoms with Gasteiger partial charge in [0, 0.05) is 49.8 Å². The van der Waals surface area contributed by atoms with Crippen LogP contribution in [0, 0.1) is 13.8 Å². The fraction of sp³-hybridized carbons (Fsp3) is 0.458. The molecule has 2 N–H and O–H groups in total. The van der Waals surface area contributed by atoms with Gasteiger partial charge in [0.15, 0.2) is 0 Å². The highest BCUT2D eigenvalue weighted by molar-refractivity contribution is 7.99. The number of anilines is 1. The minimum absolute atomic E-state index is 0.0224. The lowest BCUT2D eigenvalue weighted by atomic mass is 10.2. The van der Waals surface area contributed by atoms with Crippen molar-refractivity contribution in [2.45, 2.75) is 31.8 Å². The number of H-pyrrole nitrogens is 1. The van der Waals surface area contributed by atoms with Crippen molar-refractivity contribution in [1.29, 1.82) is 0 Å². The number of fused-ring (bicyclic) bond motifs is 1. The second kappa shape index (κ2) is 10.7. The van der Waals surface area contributed by atoms with Crippen LogP contribution in [0.25, 0.3) is 10.2 Å². The van der Waals surface area contributed by atoms with Crippen LogP contribution < -0.4 is 15.8 Å². The average Bonchev–Trinajstić information content (AvgIpc) is 3.12. The van der Waals surface area contributed by atoms with Gasteiger partial charge in [0.2, 0.25) is 5.91 Å². The van der Waals surface area contributed by atoms with Crippen LogP contribution in [0.2, 0.25) is 0 Å². The Balaban J connectivity index is 1.19. The molecular formula is C24H31N5O2S2. The highest BCUT2D eigenvalue weighted by Crippen LogP contribution is 2.26. The largest absolute Gasteiger partial charge is 0.369 e. The van der Waals surface area contributed by atoms with E-state index in [4.69, 9.17) is 0 Å². The Kier molecular flexibility index (Phi) is 7.72. The number of nitrogens with zero attached hydrogens (tertiary/aromatic N) is 3. The molecule has 4 rings (SSSR count). The Morgan fingerprint density at radius 1 is 1.21 bits per heavy atom. The van der Waals surface area contributed by atoms with E-state index in [1.54, 1.807) is 11.3 Å². The van der Waals surface area contributed by atoms with E-state index in [0.29, 0.717) is 23.5 Å². The Morgan fingerprint density at radius 3 is 2.67 bits per heavy atom. The molecule has 1 fully saturated rings. The van der Waals surface area contributed by atoms with Gasteiger partial charge in [0.1, 0.15) is 10.7 Å². The van der Waals surface area contributed by atoms with E-state index in [-0.39, 0.29) is 16.7 Å². The lowest BCUT2D eigenvalue weighted by Gasteiger charge is -2.36. The second-order valence-electron chi connectivity index (χ2n) is 8.38. The summed E-state index contributed by atoms with van der Waals surface area (Å²) < 4.78 is 0. The van der Waals surface area contributed by atoms with Gasteiger partial charge in [-0.15, -0.1) is 23.1 Å². The molecule has 1 amide bonds. The molecule has 0 radical (unpaired) electrons. The van der Waals surface area contributed by atoms with Crippen LogP contribution in [0.15, 0.2) is 35.1 Å². The van der Waals surface area contributed by atoms with Crippen LogP contribution in [0.3, 0.4) is 0 Å². The first-order valence-electron chi connectivity index (χ1n) is 11.3. The fourth-order valence-corrected chi connectivity index (χ4v) is 5.82. The van der Waals surface area contributed by atoms with Gasteiger partial charge in [0.25, 0.3) is 5.56 Å². The lowest BCUT2D eigenvalue weighted by molar-refractivity contribution is -0.120. The monoisotopic (exact) mass is 485 g/mol. The molecular weight excluding hydrogens is 454 g/mol. The average molecular weight is 486 g/mol. The highest BCUT2D eigenvalue weighted by Gasteiger charge is 2.19. The van der Waals surface area contributed by atoms with E-state index >= 15 is 0 Å². The maximum atomic E-state index is 12.5. The van der Waals surface area contributed by atoms with Crippen molar-refractivity contribution in [2.75, 3.05) is 44.2 Å². The Morgan fingerprint density at radius 2 is 1.94 bits per heavy atom. The van der Waals surface area contributed by atoms with Crippen LogP contribution in [0.5, 0.6) is 0 Å². The third-order valence-electron chi connectivity index (χ3n) is 6.15. The summed E-state index contributed by atoms with van der Waals surface area (Å²) >= 11 is 3.03. The second-order valence-corrected chi connectivity index (χ2v) is 10.9. The molecule has 3 heterocycles. The van der Waals surface area contributed by atoms with Crippen molar-refractivity contribution >= 4 is 44.9 Å². The number of rotatable bonds is 8. The molecule has 176 valence electrons. The van der Waals surface area contributed by atoms with Crippen LogP contribution in [-0.4, -0.2) is 65.3 Å². The standard InChI is InChI=1S/C24H31N5O2S2/c1-16-17(2)33-24-21(16)23(31)26-20(27-24)15-32-18(3)22(30)25-9-10-28-11-13-29(14-12-28)19-7-5-4-6-8-19/h4-8,18H,9-15H2,1-3H3,(H,25,30)(H,26,27,31). The van der Waals surface area contributed by atoms with Crippen molar-refractivity contribution in [1.82, 2.24) is 20.2 Å². The number of hydrogen-bond donors (Lipinski definition) is 2. The third-order valence-corrected chi connectivity index (χ3v) is 8.40. The quantitative estimate of drug-likeness (QED) is 0.510. The molecule has 1 aromatic carbocycles. The van der Waals surface area contributed by atoms with Gasteiger partial charge in [0.05, 0.1) is 16.4 Å². The SMILES string of the molecule is Cc1sc2nc(CSC(C)C(=O)NCCN3CCN(c4ccccc4)CC3)[nH]c(=O)c2c1C. The first-order valence-corrected chi connectivity index (χ1v) is 13.2. The number of amides is 1. The Labute approximate surface area is 202 Å². The van der Waals surface area contributed by atoms with E-state index in [1.165, 1.54) is 17.4 Å². The van der Waals surface area contributed by atoms with E-state index < -0.39 is 0 Å². The van der Waals surface area contributed by atoms with Gasteiger partial charge in [-0.05, 0) is 38.5 Å². The fourth-order valence-electron chi connectivity index (χ4n) is 4.00. The predicted octanol–water partition coefficient (Wildman–Crippen LogP) is 3.16. The first-order chi connectivity index (χ1) is 15.9. The molecule has 9 heteroatoms. The molecule has 1 unspecified atom stereocenters. The highest BCUT2D eigenvalue weighted by atomic mass is 32.2. The van der Waals surface area contributed by atoms with E-state index in [1.807, 2.05) is 26.8 Å². The Hall–Kier alpha value is -2.36. The zero-order chi connectivity index (χ0) is 23.4. The van der Waals surface area contributed by atoms with E-state index in [9.17, 15) is 9.59 Å². The number of aromatic nitrogens is 2. The van der Waals surface area contributed by atoms with Crippen molar-refractivity contribution in [2.24, 2.45) is 0 Å². The number of piperazine rings is 1. The van der Waals surface area contributed by atoms with Crippen LogP contribution in [0.1, 0.15) is 23.2 Å². The number of aryl methyl sites for hydroxylation is 2. The summed E-state index contributed by atoms with van der Waals surface area (Å²) in [6, 6.07) is 10.5. The predicted molar refractivity (Wildman–Crippen MR) is 139 cm³/mol. The van der Waals surface area contributed by atoms with Gasteiger partial charge < -0.3 is 15.2 Å². The summed E-state index contributed by atoms with van der Waals surface area (Å²) in [5.74, 6) is 1.14. The molecule has 1 saturated heterocycles. The summed E-state index contributed by atoms with van der Waals surface area (Å²) in [6.45, 7) is 11.4. The topological polar surface area (TPSA) is 81.3 Å².